The van der Waals surface area contributed by atoms with Crippen LogP contribution in [0.3, 0.4) is 0 Å². The Morgan fingerprint density at radius 2 is 1.76 bits per heavy atom. The van der Waals surface area contributed by atoms with E-state index in [0.717, 1.165) is 5.65 Å². The maximum atomic E-state index is 11.2. The molecule has 2 N–H and O–H groups in total. The van der Waals surface area contributed by atoms with Crippen LogP contribution in [0.25, 0.3) is 16.9 Å². The molecule has 4 aromatic rings. The van der Waals surface area contributed by atoms with Crippen LogP contribution in [0.1, 0.15) is 0 Å². The standard InChI is InChI=1S/C13H9N3O2.C8H5BrNO3.C5H6N2/c17-16(18)12-6-2-1-5-10(12)11-9-15-8-4-3-7-13(15)14-11;9-5-8(11)6-3-1-2-4-7(6)10(12)13;6-5-3-1-2-4-7-5/h1-9H;1-3H,5H2;1-4H,(H2,6,7)/q;+1;. The van der Waals surface area contributed by atoms with Gasteiger partial charge in [-0.25, -0.2) is 9.97 Å². The van der Waals surface area contributed by atoms with Crippen LogP contribution in [0.2, 0.25) is 0 Å². The van der Waals surface area contributed by atoms with E-state index in [1.807, 2.05) is 40.9 Å². The monoisotopic (exact) mass is 575 g/mol. The molecule has 0 saturated carbocycles. The number of carbonyl (C=O) groups excluding carboxylic acids is 1. The molecule has 0 unspecified atom stereocenters. The van der Waals surface area contributed by atoms with E-state index in [0.29, 0.717) is 17.1 Å². The number of halogens is 1. The second-order valence-electron chi connectivity index (χ2n) is 7.37. The van der Waals surface area contributed by atoms with Crippen LogP contribution in [-0.2, 0) is 4.79 Å². The van der Waals surface area contributed by atoms with Gasteiger partial charge in [-0.3, -0.25) is 25.0 Å². The zero-order valence-electron chi connectivity index (χ0n) is 19.7. The number of pyridine rings is 2. The van der Waals surface area contributed by atoms with Crippen molar-refractivity contribution < 1.29 is 14.6 Å². The van der Waals surface area contributed by atoms with E-state index in [1.165, 1.54) is 18.2 Å². The molecular weight excluding hydrogens is 556 g/mol. The van der Waals surface area contributed by atoms with Crippen molar-refractivity contribution in [3.05, 3.63) is 135 Å². The summed E-state index contributed by atoms with van der Waals surface area (Å²) in [4.78, 5) is 39.7. The van der Waals surface area contributed by atoms with Crippen LogP contribution in [0, 0.1) is 26.3 Å². The van der Waals surface area contributed by atoms with Crippen LogP contribution < -0.4 is 5.73 Å². The van der Waals surface area contributed by atoms with Crippen LogP contribution in [0.5, 0.6) is 0 Å². The molecule has 3 aromatic heterocycles. The zero-order valence-corrected chi connectivity index (χ0v) is 21.3. The first-order chi connectivity index (χ1) is 18.3. The second-order valence-corrected chi connectivity index (χ2v) is 7.93. The molecule has 0 fully saturated rings. The number of allylic oxidation sites excluding steroid dienone is 5. The molecule has 0 atom stereocenters. The fourth-order valence-corrected chi connectivity index (χ4v) is 3.47. The van der Waals surface area contributed by atoms with Crippen LogP contribution in [0.15, 0.2) is 109 Å². The Morgan fingerprint density at radius 3 is 2.37 bits per heavy atom. The number of nitrogens with zero attached hydrogens (tertiary/aromatic N) is 5. The van der Waals surface area contributed by atoms with Crippen molar-refractivity contribution in [3.63, 3.8) is 0 Å². The van der Waals surface area contributed by atoms with E-state index in [9.17, 15) is 25.0 Å². The van der Waals surface area contributed by atoms with Crippen molar-refractivity contribution in [2.45, 2.75) is 0 Å². The lowest BCUT2D eigenvalue weighted by Gasteiger charge is -1.97. The number of para-hydroxylation sites is 1. The minimum absolute atomic E-state index is 0.0703. The summed E-state index contributed by atoms with van der Waals surface area (Å²) in [7, 11) is 0. The largest absolute Gasteiger partial charge is 0.438 e. The number of nitrogens with two attached hydrogens (primary N) is 1. The van der Waals surface area contributed by atoms with E-state index < -0.39 is 4.92 Å². The molecule has 12 heteroatoms. The van der Waals surface area contributed by atoms with Gasteiger partial charge < -0.3 is 10.1 Å². The molecule has 38 heavy (non-hydrogen) atoms. The Labute approximate surface area is 225 Å². The van der Waals surface area contributed by atoms with E-state index in [-0.39, 0.29) is 33.0 Å². The number of benzene rings is 1. The van der Waals surface area contributed by atoms with Gasteiger partial charge in [0.15, 0.2) is 0 Å². The molecule has 0 saturated heterocycles. The fourth-order valence-electron chi connectivity index (χ4n) is 3.17. The number of Topliss-reactive ketones (excluding diaryl/α,β-unsaturated/α-hetero) is 1. The Bertz CT molecular complexity index is 1510. The fraction of sp³-hybridized carbons (Fsp3) is 0.0385. The number of nitro benzene ring substituents is 1. The number of nitro groups is 2. The van der Waals surface area contributed by atoms with E-state index in [4.69, 9.17) is 5.73 Å². The molecule has 0 radical (unpaired) electrons. The van der Waals surface area contributed by atoms with Crippen molar-refractivity contribution in [2.24, 2.45) is 0 Å². The summed E-state index contributed by atoms with van der Waals surface area (Å²) in [6, 6.07) is 17.7. The highest BCUT2D eigenvalue weighted by Crippen LogP contribution is 2.28. The summed E-state index contributed by atoms with van der Waals surface area (Å²) in [5.41, 5.74) is 7.04. The van der Waals surface area contributed by atoms with Gasteiger partial charge in [-0.2, -0.15) is 0 Å². The molecule has 0 bridgehead atoms. The smallest absolute Gasteiger partial charge is 0.384 e. The third kappa shape index (κ3) is 7.23. The molecule has 190 valence electrons. The highest BCUT2D eigenvalue weighted by molar-refractivity contribution is 9.09. The lowest BCUT2D eigenvalue weighted by atomic mass is 10.1. The van der Waals surface area contributed by atoms with Crippen molar-refractivity contribution in [3.8, 4) is 11.3 Å². The average molecular weight is 576 g/mol. The topological polar surface area (TPSA) is 160 Å². The first-order valence-corrected chi connectivity index (χ1v) is 12.0. The van der Waals surface area contributed by atoms with Crippen LogP contribution in [0.4, 0.5) is 11.5 Å². The summed E-state index contributed by atoms with van der Waals surface area (Å²) in [5, 5.41) is 21.5. The Morgan fingerprint density at radius 1 is 1.03 bits per heavy atom. The highest BCUT2D eigenvalue weighted by atomic mass is 79.9. The maximum Gasteiger partial charge on any atom is 0.438 e. The van der Waals surface area contributed by atoms with Crippen molar-refractivity contribution >= 4 is 38.9 Å². The lowest BCUT2D eigenvalue weighted by Crippen LogP contribution is -2.13. The number of nitrogen functional groups attached to an aromatic ring is 1. The number of rotatable bonds is 5. The highest BCUT2D eigenvalue weighted by Gasteiger charge is 2.33. The van der Waals surface area contributed by atoms with E-state index in [1.54, 1.807) is 42.7 Å². The number of hydrogen-bond acceptors (Lipinski definition) is 8. The van der Waals surface area contributed by atoms with Gasteiger partial charge in [-0.15, -0.1) is 0 Å². The van der Waals surface area contributed by atoms with Gasteiger partial charge in [0.1, 0.15) is 28.5 Å². The average Bonchev–Trinajstić information content (AvgIpc) is 3.38. The van der Waals surface area contributed by atoms with Gasteiger partial charge in [0, 0.05) is 30.7 Å². The van der Waals surface area contributed by atoms with Gasteiger partial charge in [0.25, 0.3) is 5.69 Å². The van der Waals surface area contributed by atoms with Gasteiger partial charge in [0.2, 0.25) is 11.4 Å². The van der Waals surface area contributed by atoms with E-state index >= 15 is 0 Å². The summed E-state index contributed by atoms with van der Waals surface area (Å²) < 4.78 is 1.84. The third-order valence-electron chi connectivity index (χ3n) is 4.87. The maximum absolute atomic E-state index is 11.2. The SMILES string of the molecule is Nc1ccccn1.O=C(CBr)C1=CC=C[C+]=C1[N+](=O)[O-].O=[N+]([O-])c1ccccc1-c1cn2ccccc2n1. The van der Waals surface area contributed by atoms with Crippen molar-refractivity contribution in [2.75, 3.05) is 11.1 Å². The first kappa shape index (κ1) is 27.5. The van der Waals surface area contributed by atoms with Gasteiger partial charge in [-0.05, 0) is 30.3 Å². The normalized spacial score (nSPS) is 11.5. The molecule has 1 aromatic carbocycles. The minimum atomic E-state index is -0.615. The predicted octanol–water partition coefficient (Wildman–Crippen LogP) is 4.98. The summed E-state index contributed by atoms with van der Waals surface area (Å²) in [6.45, 7) is 0. The zero-order chi connectivity index (χ0) is 27.5. The number of aromatic nitrogens is 3. The number of ketones is 1. The molecular formula is C26H20BrN6O5+. The molecule has 0 aliphatic heterocycles. The molecule has 0 amide bonds. The molecule has 1 aliphatic carbocycles. The number of anilines is 1. The minimum Gasteiger partial charge on any atom is -0.384 e. The Balaban J connectivity index is 0.000000175. The number of imidazole rings is 1. The number of alkyl halides is 1. The predicted molar refractivity (Wildman–Crippen MR) is 146 cm³/mol. The van der Waals surface area contributed by atoms with E-state index in [2.05, 4.69) is 32.0 Å². The molecule has 0 spiro atoms. The Kier molecular flexibility index (Phi) is 9.64. The number of carbonyl (C=O) groups is 1. The second kappa shape index (κ2) is 13.3. The van der Waals surface area contributed by atoms with Gasteiger partial charge >= 0.3 is 5.70 Å². The Hall–Kier alpha value is -5.06. The quantitative estimate of drug-likeness (QED) is 0.151. The van der Waals surface area contributed by atoms with Crippen LogP contribution >= 0.6 is 15.9 Å². The first-order valence-electron chi connectivity index (χ1n) is 10.9. The number of fused-ring (bicyclic) bond motifs is 1. The molecule has 1 aliphatic rings. The van der Waals surface area contributed by atoms with Crippen LogP contribution in [-0.4, -0.2) is 35.3 Å². The third-order valence-corrected chi connectivity index (χ3v) is 5.38. The number of hydrogen-bond donors (Lipinski definition) is 1. The molecule has 3 heterocycles. The lowest BCUT2D eigenvalue weighted by molar-refractivity contribution is -0.421. The summed E-state index contributed by atoms with van der Waals surface area (Å²) >= 11 is 2.95. The summed E-state index contributed by atoms with van der Waals surface area (Å²) in [5.74, 6) is 0.256. The van der Waals surface area contributed by atoms with Gasteiger partial charge in [-0.1, -0.05) is 40.2 Å². The van der Waals surface area contributed by atoms with Crippen molar-refractivity contribution in [1.82, 2.24) is 14.4 Å². The van der Waals surface area contributed by atoms with Crippen molar-refractivity contribution in [1.29, 1.82) is 0 Å². The van der Waals surface area contributed by atoms with Gasteiger partial charge in [0.05, 0.1) is 27.6 Å². The molecule has 11 nitrogen and oxygen atoms in total. The molecule has 5 rings (SSSR count). The summed E-state index contributed by atoms with van der Waals surface area (Å²) in [6.07, 6.45) is 12.1.